The van der Waals surface area contributed by atoms with Crippen molar-refractivity contribution < 1.29 is 9.90 Å². The van der Waals surface area contributed by atoms with E-state index in [1.165, 1.54) is 0 Å². The first-order chi connectivity index (χ1) is 7.72. The smallest absolute Gasteiger partial charge is 0.153 e. The third-order valence-corrected chi connectivity index (χ3v) is 2.21. The van der Waals surface area contributed by atoms with E-state index >= 15 is 0 Å². The number of anilines is 1. The van der Waals surface area contributed by atoms with Crippen molar-refractivity contribution in [1.29, 1.82) is 0 Å². The van der Waals surface area contributed by atoms with E-state index in [2.05, 4.69) is 13.2 Å². The molecule has 0 atom stereocenters. The number of carbonyl (C=O) groups excluding carboxylic acids is 1. The van der Waals surface area contributed by atoms with Crippen LogP contribution in [0.25, 0.3) is 0 Å². The minimum atomic E-state index is -0.00868. The number of phenolic OH excluding ortho intramolecular Hbond substituents is 1. The maximum atomic E-state index is 10.6. The summed E-state index contributed by atoms with van der Waals surface area (Å²) in [6, 6.07) is 4.95. The normalized spacial score (nSPS) is 9.50. The highest BCUT2D eigenvalue weighted by atomic mass is 16.3. The fraction of sp³-hybridized carbons (Fsp3) is 0.154. The molecule has 0 amide bonds. The molecule has 0 heterocycles. The second-order valence-corrected chi connectivity index (χ2v) is 3.34. The summed E-state index contributed by atoms with van der Waals surface area (Å²) in [5.41, 5.74) is 1.13. The van der Waals surface area contributed by atoms with Crippen molar-refractivity contribution in [2.75, 3.05) is 18.0 Å². The fourth-order valence-electron chi connectivity index (χ4n) is 1.43. The van der Waals surface area contributed by atoms with E-state index in [1.54, 1.807) is 30.4 Å². The molecule has 0 bridgehead atoms. The molecule has 0 spiro atoms. The summed E-state index contributed by atoms with van der Waals surface area (Å²) in [7, 11) is 0. The van der Waals surface area contributed by atoms with Gasteiger partial charge in [-0.3, -0.25) is 4.79 Å². The Morgan fingerprint density at radius 2 is 1.88 bits per heavy atom. The number of aldehydes is 1. The molecule has 1 aromatic carbocycles. The molecule has 16 heavy (non-hydrogen) atoms. The van der Waals surface area contributed by atoms with Gasteiger partial charge in [-0.2, -0.15) is 0 Å². The first-order valence-electron chi connectivity index (χ1n) is 4.98. The van der Waals surface area contributed by atoms with Gasteiger partial charge in [0.15, 0.2) is 6.29 Å². The van der Waals surface area contributed by atoms with E-state index in [-0.39, 0.29) is 5.75 Å². The van der Waals surface area contributed by atoms with Crippen LogP contribution in [-0.2, 0) is 0 Å². The molecule has 1 aromatic rings. The Kier molecular flexibility index (Phi) is 4.33. The SMILES string of the molecule is C=CCN(CC=C)c1ccc(C=O)c(O)c1. The Balaban J connectivity index is 3.00. The first kappa shape index (κ1) is 12.0. The molecular weight excluding hydrogens is 202 g/mol. The molecule has 0 aromatic heterocycles. The number of benzene rings is 1. The van der Waals surface area contributed by atoms with Crippen molar-refractivity contribution in [3.8, 4) is 5.75 Å². The van der Waals surface area contributed by atoms with Gasteiger partial charge in [0.05, 0.1) is 5.56 Å². The molecule has 0 saturated carbocycles. The molecule has 0 aliphatic heterocycles. The van der Waals surface area contributed by atoms with Crippen LogP contribution in [-0.4, -0.2) is 24.5 Å². The van der Waals surface area contributed by atoms with Gasteiger partial charge in [-0.05, 0) is 12.1 Å². The molecule has 0 aliphatic carbocycles. The molecule has 0 aliphatic rings. The topological polar surface area (TPSA) is 40.5 Å². The summed E-state index contributed by atoms with van der Waals surface area (Å²) < 4.78 is 0. The predicted molar refractivity (Wildman–Crippen MR) is 66.1 cm³/mol. The zero-order valence-corrected chi connectivity index (χ0v) is 9.10. The summed E-state index contributed by atoms with van der Waals surface area (Å²) in [6.07, 6.45) is 4.17. The van der Waals surface area contributed by atoms with Gasteiger partial charge in [-0.15, -0.1) is 13.2 Å². The molecule has 0 unspecified atom stereocenters. The highest BCUT2D eigenvalue weighted by Gasteiger charge is 2.06. The van der Waals surface area contributed by atoms with E-state index in [0.717, 1.165) is 5.69 Å². The molecule has 3 heteroatoms. The van der Waals surface area contributed by atoms with Crippen molar-refractivity contribution in [3.05, 3.63) is 49.1 Å². The number of aromatic hydroxyl groups is 1. The van der Waals surface area contributed by atoms with Gasteiger partial charge >= 0.3 is 0 Å². The third-order valence-electron chi connectivity index (χ3n) is 2.21. The van der Waals surface area contributed by atoms with Gasteiger partial charge in [0.1, 0.15) is 5.75 Å². The average molecular weight is 217 g/mol. The molecule has 3 nitrogen and oxygen atoms in total. The Labute approximate surface area is 95.3 Å². The zero-order valence-electron chi connectivity index (χ0n) is 9.10. The summed E-state index contributed by atoms with van der Waals surface area (Å²) in [5, 5.41) is 9.57. The Morgan fingerprint density at radius 3 is 2.31 bits per heavy atom. The van der Waals surface area contributed by atoms with Crippen LogP contribution < -0.4 is 4.90 Å². The van der Waals surface area contributed by atoms with E-state index in [9.17, 15) is 9.90 Å². The van der Waals surface area contributed by atoms with Crippen molar-refractivity contribution in [1.82, 2.24) is 0 Å². The Bertz CT molecular complexity index is 389. The predicted octanol–water partition coefficient (Wildman–Crippen LogP) is 2.38. The molecule has 0 radical (unpaired) electrons. The lowest BCUT2D eigenvalue weighted by atomic mass is 10.2. The monoisotopic (exact) mass is 217 g/mol. The molecule has 84 valence electrons. The number of nitrogens with zero attached hydrogens (tertiary/aromatic N) is 1. The van der Waals surface area contributed by atoms with Crippen molar-refractivity contribution in [3.63, 3.8) is 0 Å². The molecular formula is C13H15NO2. The summed E-state index contributed by atoms with van der Waals surface area (Å²) in [5.74, 6) is -0.00868. The van der Waals surface area contributed by atoms with Crippen LogP contribution >= 0.6 is 0 Å². The number of phenols is 1. The quantitative estimate of drug-likeness (QED) is 0.587. The number of hydrogen-bond acceptors (Lipinski definition) is 3. The molecule has 0 saturated heterocycles. The molecule has 0 fully saturated rings. The summed E-state index contributed by atoms with van der Waals surface area (Å²) >= 11 is 0. The van der Waals surface area contributed by atoms with Gasteiger partial charge in [-0.25, -0.2) is 0 Å². The van der Waals surface area contributed by atoms with Crippen LogP contribution in [0, 0.1) is 0 Å². The summed E-state index contributed by atoms with van der Waals surface area (Å²) in [6.45, 7) is 8.66. The molecule has 1 N–H and O–H groups in total. The second-order valence-electron chi connectivity index (χ2n) is 3.34. The van der Waals surface area contributed by atoms with E-state index in [4.69, 9.17) is 0 Å². The van der Waals surface area contributed by atoms with Crippen LogP contribution in [0.15, 0.2) is 43.5 Å². The highest BCUT2D eigenvalue weighted by Crippen LogP contribution is 2.23. The maximum Gasteiger partial charge on any atom is 0.153 e. The van der Waals surface area contributed by atoms with Crippen LogP contribution in [0.1, 0.15) is 10.4 Å². The Hall–Kier alpha value is -2.03. The van der Waals surface area contributed by atoms with E-state index < -0.39 is 0 Å². The minimum Gasteiger partial charge on any atom is -0.507 e. The largest absolute Gasteiger partial charge is 0.507 e. The average Bonchev–Trinajstić information content (AvgIpc) is 2.28. The summed E-state index contributed by atoms with van der Waals surface area (Å²) in [4.78, 5) is 12.5. The van der Waals surface area contributed by atoms with Crippen LogP contribution in [0.2, 0.25) is 0 Å². The van der Waals surface area contributed by atoms with Crippen LogP contribution in [0.5, 0.6) is 5.75 Å². The standard InChI is InChI=1S/C13H15NO2/c1-3-7-14(8-4-2)12-6-5-11(10-15)13(16)9-12/h3-6,9-10,16H,1-2,7-8H2. The molecule has 1 rings (SSSR count). The van der Waals surface area contributed by atoms with Gasteiger partial charge in [0.25, 0.3) is 0 Å². The highest BCUT2D eigenvalue weighted by molar-refractivity contribution is 5.80. The third kappa shape index (κ3) is 2.73. The fourth-order valence-corrected chi connectivity index (χ4v) is 1.43. The second kappa shape index (κ2) is 5.75. The van der Waals surface area contributed by atoms with Gasteiger partial charge in [-0.1, -0.05) is 12.2 Å². The van der Waals surface area contributed by atoms with E-state index in [1.807, 2.05) is 4.90 Å². The van der Waals surface area contributed by atoms with Crippen molar-refractivity contribution in [2.24, 2.45) is 0 Å². The lowest BCUT2D eigenvalue weighted by molar-refractivity contribution is 0.112. The van der Waals surface area contributed by atoms with Crippen LogP contribution in [0.4, 0.5) is 5.69 Å². The van der Waals surface area contributed by atoms with Crippen molar-refractivity contribution in [2.45, 2.75) is 0 Å². The Morgan fingerprint density at radius 1 is 1.25 bits per heavy atom. The van der Waals surface area contributed by atoms with Gasteiger partial charge in [0, 0.05) is 24.8 Å². The van der Waals surface area contributed by atoms with Crippen LogP contribution in [0.3, 0.4) is 0 Å². The lowest BCUT2D eigenvalue weighted by Gasteiger charge is -2.21. The zero-order chi connectivity index (χ0) is 12.0. The maximum absolute atomic E-state index is 10.6. The first-order valence-corrected chi connectivity index (χ1v) is 4.98. The number of carbonyl (C=O) groups is 1. The van der Waals surface area contributed by atoms with E-state index in [0.29, 0.717) is 24.9 Å². The minimum absolute atomic E-state index is 0.00868. The van der Waals surface area contributed by atoms with Crippen molar-refractivity contribution >= 4 is 12.0 Å². The van der Waals surface area contributed by atoms with Gasteiger partial charge in [0.2, 0.25) is 0 Å². The number of rotatable bonds is 6. The van der Waals surface area contributed by atoms with Gasteiger partial charge < -0.3 is 10.0 Å². The number of hydrogen-bond donors (Lipinski definition) is 1. The lowest BCUT2D eigenvalue weighted by Crippen LogP contribution is -2.22.